The van der Waals surface area contributed by atoms with Crippen molar-refractivity contribution in [2.75, 3.05) is 11.9 Å². The van der Waals surface area contributed by atoms with Gasteiger partial charge in [0.2, 0.25) is 0 Å². The maximum atomic E-state index is 14.0. The van der Waals surface area contributed by atoms with Crippen molar-refractivity contribution in [1.82, 2.24) is 24.9 Å². The van der Waals surface area contributed by atoms with Crippen LogP contribution in [0.5, 0.6) is 0 Å². The van der Waals surface area contributed by atoms with Gasteiger partial charge in [-0.1, -0.05) is 38.3 Å². The van der Waals surface area contributed by atoms with Crippen LogP contribution in [0.2, 0.25) is 5.02 Å². The van der Waals surface area contributed by atoms with Gasteiger partial charge >= 0.3 is 0 Å². The van der Waals surface area contributed by atoms with E-state index in [1.54, 1.807) is 37.0 Å². The molecular formula is C22H26ClFN6O. The Bertz CT molecular complexity index is 1080. The molecule has 0 spiro atoms. The average Bonchev–Trinajstić information content (AvgIpc) is 3.41. The summed E-state index contributed by atoms with van der Waals surface area (Å²) in [6.45, 7) is 3.55. The molecule has 31 heavy (non-hydrogen) atoms. The summed E-state index contributed by atoms with van der Waals surface area (Å²) in [5, 5.41) is 11.0. The number of rotatable bonds is 7. The number of aromatic nitrogens is 4. The second-order valence-electron chi connectivity index (χ2n) is 8.31. The van der Waals surface area contributed by atoms with E-state index < -0.39 is 6.17 Å². The van der Waals surface area contributed by atoms with Crippen LogP contribution in [0.1, 0.15) is 49.9 Å². The van der Waals surface area contributed by atoms with Crippen LogP contribution < -0.4 is 10.6 Å². The fraction of sp³-hybridized carbons (Fsp3) is 0.455. The second-order valence-corrected chi connectivity index (χ2v) is 8.75. The molecule has 7 nitrogen and oxygen atoms in total. The van der Waals surface area contributed by atoms with E-state index in [1.807, 2.05) is 6.07 Å². The van der Waals surface area contributed by atoms with Gasteiger partial charge in [0.25, 0.3) is 5.91 Å². The number of carbonyl (C=O) groups excluding carboxylic acids is 1. The Morgan fingerprint density at radius 2 is 2.03 bits per heavy atom. The Morgan fingerprint density at radius 1 is 1.26 bits per heavy atom. The fourth-order valence-corrected chi connectivity index (χ4v) is 3.89. The van der Waals surface area contributed by atoms with Crippen molar-refractivity contribution in [2.45, 2.75) is 51.7 Å². The molecule has 3 heterocycles. The molecule has 2 N–H and O–H groups in total. The zero-order valence-electron chi connectivity index (χ0n) is 17.6. The molecule has 3 aromatic rings. The SMILES string of the molecule is CC(C)C(F)CNC(=O)c1cnc(-c2cnn3cc(Cl)cnc23)cc1NC1CCCC1. The van der Waals surface area contributed by atoms with Gasteiger partial charge in [0, 0.05) is 25.0 Å². The van der Waals surface area contributed by atoms with Crippen LogP contribution in [0.25, 0.3) is 16.9 Å². The van der Waals surface area contributed by atoms with Crippen LogP contribution in [0.4, 0.5) is 10.1 Å². The maximum absolute atomic E-state index is 14.0. The zero-order valence-corrected chi connectivity index (χ0v) is 18.4. The summed E-state index contributed by atoms with van der Waals surface area (Å²) in [7, 11) is 0. The molecule has 1 unspecified atom stereocenters. The first-order valence-corrected chi connectivity index (χ1v) is 11.0. The molecule has 0 saturated heterocycles. The molecule has 1 saturated carbocycles. The summed E-state index contributed by atoms with van der Waals surface area (Å²) in [5.74, 6) is -0.499. The molecule has 4 rings (SSSR count). The summed E-state index contributed by atoms with van der Waals surface area (Å²) >= 11 is 6.00. The number of fused-ring (bicyclic) bond motifs is 1. The van der Waals surface area contributed by atoms with Crippen LogP contribution in [0, 0.1) is 5.92 Å². The monoisotopic (exact) mass is 444 g/mol. The molecular weight excluding hydrogens is 419 g/mol. The Kier molecular flexibility index (Phi) is 6.36. The number of amides is 1. The molecule has 1 atom stereocenters. The number of alkyl halides is 1. The number of hydrogen-bond donors (Lipinski definition) is 2. The highest BCUT2D eigenvalue weighted by atomic mass is 35.5. The van der Waals surface area contributed by atoms with Crippen molar-refractivity contribution in [3.05, 3.63) is 41.4 Å². The first-order chi connectivity index (χ1) is 14.9. The summed E-state index contributed by atoms with van der Waals surface area (Å²) < 4.78 is 15.6. The van der Waals surface area contributed by atoms with Crippen molar-refractivity contribution in [3.63, 3.8) is 0 Å². The van der Waals surface area contributed by atoms with Crippen molar-refractivity contribution in [2.24, 2.45) is 5.92 Å². The Balaban J connectivity index is 1.66. The standard InChI is InChI=1S/C22H26ClFN6O/c1-13(2)18(24)11-27-22(31)17-9-25-19(7-20(17)29-15-5-3-4-6-15)16-10-28-30-12-14(23)8-26-21(16)30/h7-10,12-13,15,18H,3-6,11H2,1-2H3,(H,25,29)(H,27,31). The number of anilines is 1. The summed E-state index contributed by atoms with van der Waals surface area (Å²) in [6, 6.07) is 2.14. The quantitative estimate of drug-likeness (QED) is 0.559. The molecule has 1 fully saturated rings. The van der Waals surface area contributed by atoms with Crippen molar-refractivity contribution in [3.8, 4) is 11.3 Å². The predicted octanol–water partition coefficient (Wildman–Crippen LogP) is 4.52. The molecule has 1 aliphatic rings. The normalized spacial score (nSPS) is 15.5. The van der Waals surface area contributed by atoms with Gasteiger partial charge in [-0.15, -0.1) is 0 Å². The minimum absolute atomic E-state index is 0.0279. The number of nitrogens with one attached hydrogen (secondary N) is 2. The second kappa shape index (κ2) is 9.18. The number of nitrogens with zero attached hydrogens (tertiary/aromatic N) is 4. The summed E-state index contributed by atoms with van der Waals surface area (Å²) in [6.07, 6.45) is 9.77. The van der Waals surface area contributed by atoms with Gasteiger partial charge in [0.1, 0.15) is 6.17 Å². The third-order valence-corrected chi connectivity index (χ3v) is 5.84. The highest BCUT2D eigenvalue weighted by Gasteiger charge is 2.22. The molecule has 1 amide bonds. The summed E-state index contributed by atoms with van der Waals surface area (Å²) in [5.41, 5.74) is 3.09. The molecule has 164 valence electrons. The maximum Gasteiger partial charge on any atom is 0.255 e. The number of halogens is 2. The lowest BCUT2D eigenvalue weighted by Crippen LogP contribution is -2.33. The topological polar surface area (TPSA) is 84.2 Å². The van der Waals surface area contributed by atoms with Gasteiger partial charge < -0.3 is 10.6 Å². The highest BCUT2D eigenvalue weighted by Crippen LogP contribution is 2.29. The molecule has 3 aromatic heterocycles. The van der Waals surface area contributed by atoms with Crippen molar-refractivity contribution < 1.29 is 9.18 Å². The van der Waals surface area contributed by atoms with E-state index >= 15 is 0 Å². The van der Waals surface area contributed by atoms with E-state index in [0.717, 1.165) is 31.2 Å². The molecule has 0 aromatic carbocycles. The minimum Gasteiger partial charge on any atom is -0.382 e. The lowest BCUT2D eigenvalue weighted by atomic mass is 10.1. The van der Waals surface area contributed by atoms with E-state index in [1.165, 1.54) is 6.20 Å². The van der Waals surface area contributed by atoms with Gasteiger partial charge in [-0.3, -0.25) is 9.78 Å². The van der Waals surface area contributed by atoms with Crippen LogP contribution in [-0.4, -0.2) is 44.2 Å². The first-order valence-electron chi connectivity index (χ1n) is 10.6. The third-order valence-electron chi connectivity index (χ3n) is 5.65. The van der Waals surface area contributed by atoms with Gasteiger partial charge in [-0.05, 0) is 24.8 Å². The van der Waals surface area contributed by atoms with Crippen molar-refractivity contribution >= 4 is 28.8 Å². The predicted molar refractivity (Wildman–Crippen MR) is 119 cm³/mol. The third kappa shape index (κ3) is 4.79. The van der Waals surface area contributed by atoms with Crippen molar-refractivity contribution in [1.29, 1.82) is 0 Å². The Hall–Kier alpha value is -2.74. The van der Waals surface area contributed by atoms with E-state index in [2.05, 4.69) is 25.7 Å². The van der Waals surface area contributed by atoms with E-state index in [9.17, 15) is 9.18 Å². The average molecular weight is 445 g/mol. The Morgan fingerprint density at radius 3 is 2.77 bits per heavy atom. The lowest BCUT2D eigenvalue weighted by Gasteiger charge is -2.18. The Labute approximate surface area is 185 Å². The molecule has 0 aliphatic heterocycles. The smallest absolute Gasteiger partial charge is 0.255 e. The van der Waals surface area contributed by atoms with Gasteiger partial charge in [0.05, 0.1) is 39.9 Å². The van der Waals surface area contributed by atoms with E-state index in [0.29, 0.717) is 33.7 Å². The van der Waals surface area contributed by atoms with Crippen LogP contribution in [0.3, 0.4) is 0 Å². The zero-order chi connectivity index (χ0) is 22.0. The van der Waals surface area contributed by atoms with Gasteiger partial charge in [0.15, 0.2) is 5.65 Å². The molecule has 0 bridgehead atoms. The van der Waals surface area contributed by atoms with E-state index in [4.69, 9.17) is 11.6 Å². The lowest BCUT2D eigenvalue weighted by molar-refractivity contribution is 0.0935. The van der Waals surface area contributed by atoms with Crippen LogP contribution >= 0.6 is 11.6 Å². The van der Waals surface area contributed by atoms with Crippen LogP contribution in [0.15, 0.2) is 30.9 Å². The van der Waals surface area contributed by atoms with E-state index in [-0.39, 0.29) is 18.4 Å². The van der Waals surface area contributed by atoms with Crippen LogP contribution in [-0.2, 0) is 0 Å². The largest absolute Gasteiger partial charge is 0.382 e. The minimum atomic E-state index is -1.10. The molecule has 9 heteroatoms. The highest BCUT2D eigenvalue weighted by molar-refractivity contribution is 6.30. The first kappa shape index (κ1) is 21.5. The number of pyridine rings is 1. The molecule has 0 radical (unpaired) electrons. The van der Waals surface area contributed by atoms with Gasteiger partial charge in [-0.2, -0.15) is 5.10 Å². The number of hydrogen-bond acceptors (Lipinski definition) is 5. The summed E-state index contributed by atoms with van der Waals surface area (Å²) in [4.78, 5) is 21.7. The molecule has 1 aliphatic carbocycles. The van der Waals surface area contributed by atoms with Gasteiger partial charge in [-0.25, -0.2) is 13.9 Å². The number of carbonyl (C=O) groups is 1. The fourth-order valence-electron chi connectivity index (χ4n) is 3.75.